The van der Waals surface area contributed by atoms with Gasteiger partial charge in [0.1, 0.15) is 23.7 Å². The topological polar surface area (TPSA) is 80.3 Å². The number of methoxy groups -OCH3 is 1. The van der Waals surface area contributed by atoms with Crippen molar-refractivity contribution in [2.45, 2.75) is 24.9 Å². The first-order valence-corrected chi connectivity index (χ1v) is 10.3. The van der Waals surface area contributed by atoms with Crippen LogP contribution in [0.3, 0.4) is 0 Å². The molecule has 27 heavy (non-hydrogen) atoms. The van der Waals surface area contributed by atoms with Crippen LogP contribution in [0.2, 0.25) is 0 Å². The fourth-order valence-corrected chi connectivity index (χ4v) is 5.06. The van der Waals surface area contributed by atoms with Crippen LogP contribution in [0.15, 0.2) is 24.3 Å². The Labute approximate surface area is 161 Å². The number of halogens is 1. The van der Waals surface area contributed by atoms with E-state index in [1.165, 1.54) is 18.1 Å². The highest BCUT2D eigenvalue weighted by Crippen LogP contribution is 2.46. The summed E-state index contributed by atoms with van der Waals surface area (Å²) >= 11 is 1.55. The lowest BCUT2D eigenvalue weighted by Gasteiger charge is -2.29. The summed E-state index contributed by atoms with van der Waals surface area (Å²) in [5.74, 6) is -2.71. The van der Waals surface area contributed by atoms with Crippen molar-refractivity contribution < 1.29 is 28.8 Å². The van der Waals surface area contributed by atoms with Gasteiger partial charge >= 0.3 is 5.97 Å². The molecular weight excluding hydrogens is 371 g/mol. The van der Waals surface area contributed by atoms with Crippen LogP contribution in [-0.4, -0.2) is 53.9 Å². The van der Waals surface area contributed by atoms with E-state index in [9.17, 15) is 18.8 Å². The van der Waals surface area contributed by atoms with E-state index < -0.39 is 35.2 Å². The van der Waals surface area contributed by atoms with Crippen molar-refractivity contribution >= 4 is 29.5 Å². The molecule has 2 heterocycles. The summed E-state index contributed by atoms with van der Waals surface area (Å²) < 4.78 is 19.6. The predicted octanol–water partition coefficient (Wildman–Crippen LogP) is 0.730. The van der Waals surface area contributed by atoms with E-state index in [1.54, 1.807) is 42.2 Å². The molecule has 2 aliphatic rings. The monoisotopic (exact) mass is 395 g/mol. The Kier molecular flexibility index (Phi) is 5.58. The Hall–Kier alpha value is -1.93. The van der Waals surface area contributed by atoms with Gasteiger partial charge in [-0.15, -0.1) is 0 Å². The Morgan fingerprint density at radius 1 is 1.33 bits per heavy atom. The molecule has 2 N–H and O–H groups in total. The molecule has 6 nitrogen and oxygen atoms in total. The van der Waals surface area contributed by atoms with Crippen LogP contribution in [0.5, 0.6) is 0 Å². The van der Waals surface area contributed by atoms with Crippen molar-refractivity contribution in [2.24, 2.45) is 11.8 Å². The second-order valence-electron chi connectivity index (χ2n) is 6.91. The van der Waals surface area contributed by atoms with Crippen molar-refractivity contribution in [3.8, 4) is 0 Å². The van der Waals surface area contributed by atoms with Gasteiger partial charge in [-0.25, -0.2) is 9.18 Å². The van der Waals surface area contributed by atoms with Gasteiger partial charge in [-0.3, -0.25) is 14.5 Å². The van der Waals surface area contributed by atoms with Gasteiger partial charge in [-0.05, 0) is 25.0 Å². The largest absolute Gasteiger partial charge is 0.464 e. The van der Waals surface area contributed by atoms with E-state index in [4.69, 9.17) is 4.74 Å². The Morgan fingerprint density at radius 2 is 2.04 bits per heavy atom. The van der Waals surface area contributed by atoms with Crippen molar-refractivity contribution in [1.82, 2.24) is 4.90 Å². The summed E-state index contributed by atoms with van der Waals surface area (Å²) in [6, 6.07) is 5.57. The van der Waals surface area contributed by atoms with Gasteiger partial charge in [-0.2, -0.15) is 11.8 Å². The van der Waals surface area contributed by atoms with Gasteiger partial charge in [0.05, 0.1) is 7.11 Å². The Bertz CT molecular complexity index is 774. The number of amides is 2. The molecule has 2 aliphatic heterocycles. The molecule has 2 fully saturated rings. The lowest BCUT2D eigenvalue weighted by Crippen LogP contribution is -2.98. The molecule has 0 aliphatic carbocycles. The number of likely N-dealkylation sites (tertiary alicyclic amines) is 1. The predicted molar refractivity (Wildman–Crippen MR) is 98.2 cm³/mol. The van der Waals surface area contributed by atoms with Gasteiger partial charge < -0.3 is 10.1 Å². The zero-order valence-electron chi connectivity index (χ0n) is 15.6. The average molecular weight is 395 g/mol. The van der Waals surface area contributed by atoms with Crippen LogP contribution in [-0.2, 0) is 19.1 Å². The highest BCUT2D eigenvalue weighted by molar-refractivity contribution is 7.98. The number of rotatable bonds is 6. The number of carbonyl (C=O) groups excluding carboxylic acids is 3. The number of nitrogens with two attached hydrogens (primary N) is 1. The number of hydrogen-bond donors (Lipinski definition) is 1. The second-order valence-corrected chi connectivity index (χ2v) is 7.90. The van der Waals surface area contributed by atoms with E-state index in [1.807, 2.05) is 6.26 Å². The lowest BCUT2D eigenvalue weighted by atomic mass is 9.78. The van der Waals surface area contributed by atoms with Gasteiger partial charge in [0, 0.05) is 18.5 Å². The third-order valence-electron chi connectivity index (χ3n) is 5.73. The number of benzene rings is 1. The zero-order valence-corrected chi connectivity index (χ0v) is 16.4. The summed E-state index contributed by atoms with van der Waals surface area (Å²) in [7, 11) is 1.28. The number of carbonyl (C=O) groups is 3. The van der Waals surface area contributed by atoms with Crippen molar-refractivity contribution in [3.05, 3.63) is 35.6 Å². The summed E-state index contributed by atoms with van der Waals surface area (Å²) in [4.78, 5) is 40.1. The molecule has 1 aromatic carbocycles. The van der Waals surface area contributed by atoms with Crippen LogP contribution >= 0.6 is 11.8 Å². The first kappa shape index (κ1) is 19.8. The SMILES string of the molecule is CCN1C(=O)[C@@H]2[C@@H](C1=O)[C@](CCSC)(C(=O)OC)[NH2+][C@H]2c1ccccc1F. The van der Waals surface area contributed by atoms with Crippen LogP contribution in [0.1, 0.15) is 24.9 Å². The second kappa shape index (κ2) is 7.59. The van der Waals surface area contributed by atoms with Gasteiger partial charge in [0.2, 0.25) is 17.4 Å². The highest BCUT2D eigenvalue weighted by atomic mass is 32.2. The number of imide groups is 1. The van der Waals surface area contributed by atoms with Crippen LogP contribution in [0.4, 0.5) is 4.39 Å². The number of quaternary nitrogens is 1. The molecule has 0 saturated carbocycles. The minimum Gasteiger partial charge on any atom is -0.464 e. The maximum Gasteiger partial charge on any atom is 0.368 e. The number of hydrogen-bond acceptors (Lipinski definition) is 5. The van der Waals surface area contributed by atoms with Gasteiger partial charge in [0.25, 0.3) is 0 Å². The molecule has 0 spiro atoms. The van der Waals surface area contributed by atoms with E-state index in [0.717, 1.165) is 0 Å². The van der Waals surface area contributed by atoms with Crippen molar-refractivity contribution in [1.29, 1.82) is 0 Å². The first-order valence-electron chi connectivity index (χ1n) is 8.96. The maximum atomic E-state index is 14.5. The van der Waals surface area contributed by atoms with Crippen molar-refractivity contribution in [3.63, 3.8) is 0 Å². The zero-order chi connectivity index (χ0) is 19.8. The summed E-state index contributed by atoms with van der Waals surface area (Å²) in [5, 5.41) is 1.70. The third-order valence-corrected chi connectivity index (χ3v) is 6.34. The summed E-state index contributed by atoms with van der Waals surface area (Å²) in [6.45, 7) is 1.95. The molecule has 146 valence electrons. The fourth-order valence-electron chi connectivity index (χ4n) is 4.52. The van der Waals surface area contributed by atoms with Crippen LogP contribution < -0.4 is 5.32 Å². The van der Waals surface area contributed by atoms with E-state index in [2.05, 4.69) is 0 Å². The molecule has 2 saturated heterocycles. The number of esters is 1. The standard InChI is InChI=1S/C19H23FN2O4S/c1-4-22-16(23)13-14(17(22)24)19(9-10-27-3,18(25)26-2)21-15(13)11-7-5-6-8-12(11)20/h5-8,13-15,21H,4,9-10H2,1-3H3/p+1/t13-,14+,15+,19-/m1/s1. The maximum absolute atomic E-state index is 14.5. The number of thioether (sulfide) groups is 1. The van der Waals surface area contributed by atoms with Gasteiger partial charge in [-0.1, -0.05) is 18.2 Å². The highest BCUT2D eigenvalue weighted by Gasteiger charge is 2.72. The number of nitrogens with zero attached hydrogens (tertiary/aromatic N) is 1. The van der Waals surface area contributed by atoms with E-state index in [0.29, 0.717) is 17.7 Å². The van der Waals surface area contributed by atoms with E-state index >= 15 is 0 Å². The minimum atomic E-state index is -1.23. The normalized spacial score (nSPS) is 29.9. The minimum absolute atomic E-state index is 0.231. The molecule has 0 unspecified atom stereocenters. The summed E-state index contributed by atoms with van der Waals surface area (Å²) in [5.41, 5.74) is -0.895. The quantitative estimate of drug-likeness (QED) is 0.567. The average Bonchev–Trinajstić information content (AvgIpc) is 3.14. The number of ether oxygens (including phenoxy) is 1. The molecule has 4 atom stereocenters. The first-order chi connectivity index (χ1) is 12.9. The molecule has 3 rings (SSSR count). The summed E-state index contributed by atoms with van der Waals surface area (Å²) in [6.07, 6.45) is 2.27. The fraction of sp³-hybridized carbons (Fsp3) is 0.526. The Balaban J connectivity index is 2.16. The molecule has 0 radical (unpaired) electrons. The number of fused-ring (bicyclic) bond motifs is 1. The third kappa shape index (κ3) is 2.95. The lowest BCUT2D eigenvalue weighted by molar-refractivity contribution is -0.734. The van der Waals surface area contributed by atoms with Crippen molar-refractivity contribution in [2.75, 3.05) is 25.7 Å². The van der Waals surface area contributed by atoms with Crippen LogP contribution in [0, 0.1) is 17.7 Å². The Morgan fingerprint density at radius 3 is 2.63 bits per heavy atom. The molecule has 8 heteroatoms. The molecule has 2 amide bonds. The molecule has 0 aromatic heterocycles. The molecule has 1 aromatic rings. The molecular formula is C19H24FN2O4S+. The van der Waals surface area contributed by atoms with Crippen LogP contribution in [0.25, 0.3) is 0 Å². The molecule has 0 bridgehead atoms. The van der Waals surface area contributed by atoms with E-state index in [-0.39, 0.29) is 18.4 Å². The smallest absolute Gasteiger partial charge is 0.368 e. The van der Waals surface area contributed by atoms with Gasteiger partial charge in [0.15, 0.2) is 0 Å².